The first-order valence-electron chi connectivity index (χ1n) is 6.85. The van der Waals surface area contributed by atoms with E-state index in [0.29, 0.717) is 26.1 Å². The first-order chi connectivity index (χ1) is 9.70. The highest BCUT2D eigenvalue weighted by Crippen LogP contribution is 2.17. The van der Waals surface area contributed by atoms with Crippen LogP contribution >= 0.6 is 23.1 Å². The first kappa shape index (κ1) is 15.4. The minimum absolute atomic E-state index is 0.0189. The lowest BCUT2D eigenvalue weighted by molar-refractivity contribution is -0.128. The highest BCUT2D eigenvalue weighted by atomic mass is 32.2. The van der Waals surface area contributed by atoms with Crippen LogP contribution < -0.4 is 5.32 Å². The zero-order valence-electron chi connectivity index (χ0n) is 11.6. The molecule has 110 valence electrons. The highest BCUT2D eigenvalue weighted by molar-refractivity contribution is 7.98. The average Bonchev–Trinajstić information content (AvgIpc) is 3.07. The van der Waals surface area contributed by atoms with Gasteiger partial charge in [-0.05, 0) is 29.3 Å². The highest BCUT2D eigenvalue weighted by Gasteiger charge is 2.32. The third-order valence-corrected chi connectivity index (χ3v) is 5.12. The van der Waals surface area contributed by atoms with E-state index in [9.17, 15) is 9.59 Å². The second kappa shape index (κ2) is 7.69. The van der Waals surface area contributed by atoms with Crippen LogP contribution in [-0.4, -0.2) is 42.1 Å². The average molecular weight is 312 g/mol. The number of hydrogen-bond donors (Lipinski definition) is 1. The first-order valence-corrected chi connectivity index (χ1v) is 8.94. The molecule has 1 aliphatic rings. The molecule has 1 atom stereocenters. The van der Waals surface area contributed by atoms with Gasteiger partial charge in [0.05, 0.1) is 5.92 Å². The molecule has 0 bridgehead atoms. The molecule has 4 nitrogen and oxygen atoms in total. The second-order valence-corrected chi connectivity index (χ2v) is 6.69. The van der Waals surface area contributed by atoms with Crippen molar-refractivity contribution >= 4 is 34.9 Å². The van der Waals surface area contributed by atoms with E-state index in [0.717, 1.165) is 11.5 Å². The standard InChI is InChI=1S/C14H20N2O2S2/c1-2-16-8-12(7-13(16)17)14(18)15-4-6-20-10-11-3-5-19-9-11/h3,5,9,12H,2,4,6-8,10H2,1H3,(H,15,18)/t12-/m1/s1. The predicted molar refractivity (Wildman–Crippen MR) is 83.9 cm³/mol. The SMILES string of the molecule is CCN1C[C@H](C(=O)NCCSCc2ccsc2)CC1=O. The fourth-order valence-electron chi connectivity index (χ4n) is 2.21. The fraction of sp³-hybridized carbons (Fsp3) is 0.571. The molecule has 2 rings (SSSR count). The molecule has 0 saturated carbocycles. The van der Waals surface area contributed by atoms with Gasteiger partial charge >= 0.3 is 0 Å². The molecule has 1 fully saturated rings. The summed E-state index contributed by atoms with van der Waals surface area (Å²) >= 11 is 3.52. The van der Waals surface area contributed by atoms with Crippen LogP contribution in [0.1, 0.15) is 18.9 Å². The quantitative estimate of drug-likeness (QED) is 0.783. The summed E-state index contributed by atoms with van der Waals surface area (Å²) in [5.74, 6) is 1.85. The van der Waals surface area contributed by atoms with Crippen LogP contribution in [0, 0.1) is 5.92 Å². The number of carbonyl (C=O) groups excluding carboxylic acids is 2. The molecule has 0 aromatic carbocycles. The van der Waals surface area contributed by atoms with Crippen molar-refractivity contribution in [3.8, 4) is 0 Å². The van der Waals surface area contributed by atoms with Crippen LogP contribution in [0.25, 0.3) is 0 Å². The number of carbonyl (C=O) groups is 2. The number of nitrogens with one attached hydrogen (secondary N) is 1. The summed E-state index contributed by atoms with van der Waals surface area (Å²) in [7, 11) is 0. The summed E-state index contributed by atoms with van der Waals surface area (Å²) in [5, 5.41) is 7.16. The lowest BCUT2D eigenvalue weighted by Gasteiger charge is -2.13. The third kappa shape index (κ3) is 4.24. The Morgan fingerprint density at radius 2 is 2.45 bits per heavy atom. The van der Waals surface area contributed by atoms with E-state index >= 15 is 0 Å². The number of thiophene rings is 1. The van der Waals surface area contributed by atoms with Gasteiger partial charge < -0.3 is 10.2 Å². The van der Waals surface area contributed by atoms with Crippen LogP contribution in [0.5, 0.6) is 0 Å². The zero-order chi connectivity index (χ0) is 14.4. The van der Waals surface area contributed by atoms with Gasteiger partial charge in [0.15, 0.2) is 0 Å². The van der Waals surface area contributed by atoms with Crippen LogP contribution in [0.2, 0.25) is 0 Å². The number of likely N-dealkylation sites (tertiary alicyclic amines) is 1. The molecule has 2 heterocycles. The van der Waals surface area contributed by atoms with Gasteiger partial charge in [-0.3, -0.25) is 9.59 Å². The molecule has 1 aromatic rings. The van der Waals surface area contributed by atoms with E-state index in [1.165, 1.54) is 5.56 Å². The Morgan fingerprint density at radius 1 is 1.60 bits per heavy atom. The van der Waals surface area contributed by atoms with Crippen LogP contribution in [0.3, 0.4) is 0 Å². The van der Waals surface area contributed by atoms with Gasteiger partial charge in [-0.1, -0.05) is 0 Å². The van der Waals surface area contributed by atoms with Crippen molar-refractivity contribution in [1.29, 1.82) is 0 Å². The van der Waals surface area contributed by atoms with E-state index in [1.807, 2.05) is 18.7 Å². The Bertz CT molecular complexity index is 448. The number of thioether (sulfide) groups is 1. The van der Waals surface area contributed by atoms with Crippen LogP contribution in [0.15, 0.2) is 16.8 Å². The predicted octanol–water partition coefficient (Wildman–Crippen LogP) is 1.97. The molecule has 0 aliphatic carbocycles. The van der Waals surface area contributed by atoms with Crippen molar-refractivity contribution in [3.63, 3.8) is 0 Å². The van der Waals surface area contributed by atoms with Crippen molar-refractivity contribution in [2.45, 2.75) is 19.1 Å². The minimum atomic E-state index is -0.163. The van der Waals surface area contributed by atoms with Gasteiger partial charge in [0.1, 0.15) is 0 Å². The van der Waals surface area contributed by atoms with Gasteiger partial charge in [0.25, 0.3) is 0 Å². The van der Waals surface area contributed by atoms with Gasteiger partial charge in [0.2, 0.25) is 11.8 Å². The van der Waals surface area contributed by atoms with Gasteiger partial charge in [-0.25, -0.2) is 0 Å². The number of amides is 2. The van der Waals surface area contributed by atoms with Crippen molar-refractivity contribution in [2.24, 2.45) is 5.92 Å². The second-order valence-electron chi connectivity index (χ2n) is 4.81. The molecule has 0 spiro atoms. The van der Waals surface area contributed by atoms with Crippen LogP contribution in [-0.2, 0) is 15.3 Å². The maximum absolute atomic E-state index is 11.9. The van der Waals surface area contributed by atoms with E-state index in [1.54, 1.807) is 16.2 Å². The zero-order valence-corrected chi connectivity index (χ0v) is 13.3. The Kier molecular flexibility index (Phi) is 5.91. The Morgan fingerprint density at radius 3 is 3.10 bits per heavy atom. The van der Waals surface area contributed by atoms with E-state index in [-0.39, 0.29) is 17.7 Å². The number of hydrogen-bond acceptors (Lipinski definition) is 4. The molecule has 6 heteroatoms. The number of nitrogens with zero attached hydrogens (tertiary/aromatic N) is 1. The summed E-state index contributed by atoms with van der Waals surface area (Å²) in [5.41, 5.74) is 1.34. The van der Waals surface area contributed by atoms with Crippen molar-refractivity contribution in [2.75, 3.05) is 25.4 Å². The maximum atomic E-state index is 11.9. The molecule has 2 amide bonds. The largest absolute Gasteiger partial charge is 0.355 e. The summed E-state index contributed by atoms with van der Waals surface area (Å²) in [4.78, 5) is 25.3. The fourth-order valence-corrected chi connectivity index (χ4v) is 3.79. The molecule has 1 saturated heterocycles. The molecule has 0 unspecified atom stereocenters. The van der Waals surface area contributed by atoms with Crippen molar-refractivity contribution in [3.05, 3.63) is 22.4 Å². The van der Waals surface area contributed by atoms with Crippen molar-refractivity contribution < 1.29 is 9.59 Å². The Labute approximate surface area is 127 Å². The molecule has 0 radical (unpaired) electrons. The Hall–Kier alpha value is -1.01. The van der Waals surface area contributed by atoms with Crippen molar-refractivity contribution in [1.82, 2.24) is 10.2 Å². The van der Waals surface area contributed by atoms with Gasteiger partial charge in [0, 0.05) is 37.6 Å². The molecule has 20 heavy (non-hydrogen) atoms. The van der Waals surface area contributed by atoms with E-state index in [4.69, 9.17) is 0 Å². The van der Waals surface area contributed by atoms with Gasteiger partial charge in [-0.2, -0.15) is 23.1 Å². The summed E-state index contributed by atoms with van der Waals surface area (Å²) in [6.45, 7) is 3.88. The monoisotopic (exact) mass is 312 g/mol. The lowest BCUT2D eigenvalue weighted by atomic mass is 10.1. The lowest BCUT2D eigenvalue weighted by Crippen LogP contribution is -2.34. The van der Waals surface area contributed by atoms with Crippen LogP contribution in [0.4, 0.5) is 0 Å². The molecular weight excluding hydrogens is 292 g/mol. The molecular formula is C14H20N2O2S2. The van der Waals surface area contributed by atoms with E-state index in [2.05, 4.69) is 22.1 Å². The molecule has 1 aliphatic heterocycles. The topological polar surface area (TPSA) is 49.4 Å². The Balaban J connectivity index is 1.60. The minimum Gasteiger partial charge on any atom is -0.355 e. The van der Waals surface area contributed by atoms with E-state index < -0.39 is 0 Å². The summed E-state index contributed by atoms with van der Waals surface area (Å²) in [6.07, 6.45) is 0.363. The van der Waals surface area contributed by atoms with Gasteiger partial charge in [-0.15, -0.1) is 0 Å². The summed E-state index contributed by atoms with van der Waals surface area (Å²) < 4.78 is 0. The molecule has 1 N–H and O–H groups in total. The smallest absolute Gasteiger partial charge is 0.225 e. The number of rotatable bonds is 7. The normalized spacial score (nSPS) is 18.6. The third-order valence-electron chi connectivity index (χ3n) is 3.36. The summed E-state index contributed by atoms with van der Waals surface area (Å²) in [6, 6.07) is 2.12. The molecule has 1 aromatic heterocycles. The maximum Gasteiger partial charge on any atom is 0.225 e.